The van der Waals surface area contributed by atoms with Crippen molar-refractivity contribution in [2.45, 2.75) is 30.6 Å². The Kier molecular flexibility index (Phi) is 8.66. The molecule has 6 nitrogen and oxygen atoms in total. The zero-order valence-electron chi connectivity index (χ0n) is 19.1. The molecule has 0 aromatic heterocycles. The molecule has 180 valence electrons. The van der Waals surface area contributed by atoms with Gasteiger partial charge in [0.2, 0.25) is 5.69 Å². The fraction of sp³-hybridized carbons (Fsp3) is 0.333. The molecular formula is C27H31ClN2O4. The van der Waals surface area contributed by atoms with Gasteiger partial charge in [-0.2, -0.15) is 0 Å². The Morgan fingerprint density at radius 2 is 1.53 bits per heavy atom. The Hall–Kier alpha value is -2.77. The number of ether oxygens (including phenoxy) is 3. The first kappa shape index (κ1) is 24.4. The quantitative estimate of drug-likeness (QED) is 0.242. The first-order valence-electron chi connectivity index (χ1n) is 11.6. The van der Waals surface area contributed by atoms with Crippen molar-refractivity contribution in [3.63, 3.8) is 0 Å². The van der Waals surface area contributed by atoms with Crippen LogP contribution >= 0.6 is 11.6 Å². The summed E-state index contributed by atoms with van der Waals surface area (Å²) in [5.74, 6) is 3.33. The number of alkyl halides is 1. The summed E-state index contributed by atoms with van der Waals surface area (Å²) in [5, 5.41) is 10.5. The number of rotatable bonds is 10. The molecule has 1 fully saturated rings. The molecule has 7 heteroatoms. The molecule has 1 saturated heterocycles. The maximum absolute atomic E-state index is 10.5. The zero-order chi connectivity index (χ0) is 23.8. The minimum absolute atomic E-state index is 0.208. The van der Waals surface area contributed by atoms with Gasteiger partial charge in [-0.15, -0.1) is 0 Å². The smallest absolute Gasteiger partial charge is 0.225 e. The Bertz CT molecular complexity index is 1010. The molecule has 0 bridgehead atoms. The van der Waals surface area contributed by atoms with Crippen LogP contribution in [-0.4, -0.2) is 48.0 Å². The van der Waals surface area contributed by atoms with Crippen molar-refractivity contribution in [3.8, 4) is 23.0 Å². The number of aliphatic hydroxyl groups excluding tert-OH is 1. The van der Waals surface area contributed by atoms with Crippen molar-refractivity contribution in [1.82, 2.24) is 4.90 Å². The lowest BCUT2D eigenvalue weighted by atomic mass is 9.89. The summed E-state index contributed by atoms with van der Waals surface area (Å²) >= 11 is 5.65. The SMILES string of the molecule is N[C@H](Cl)Oc1cccc(OC[C@@H](O)CN2CCC(c3ccc(Oc4ccccc4)cc3)CC2)c1. The molecule has 0 spiro atoms. The van der Waals surface area contributed by atoms with Gasteiger partial charge in [0.05, 0.1) is 0 Å². The number of benzene rings is 3. The highest BCUT2D eigenvalue weighted by atomic mass is 35.5. The van der Waals surface area contributed by atoms with Crippen LogP contribution in [0.5, 0.6) is 23.0 Å². The third-order valence-electron chi connectivity index (χ3n) is 5.88. The van der Waals surface area contributed by atoms with E-state index in [1.54, 1.807) is 24.3 Å². The molecule has 0 radical (unpaired) electrons. The largest absolute Gasteiger partial charge is 0.491 e. The third-order valence-corrected chi connectivity index (χ3v) is 5.97. The van der Waals surface area contributed by atoms with Gasteiger partial charge in [0.1, 0.15) is 35.7 Å². The molecule has 1 aliphatic heterocycles. The Morgan fingerprint density at radius 1 is 0.882 bits per heavy atom. The van der Waals surface area contributed by atoms with Crippen molar-refractivity contribution >= 4 is 11.6 Å². The Labute approximate surface area is 205 Å². The summed E-state index contributed by atoms with van der Waals surface area (Å²) in [6.45, 7) is 2.68. The second-order valence-electron chi connectivity index (χ2n) is 8.47. The lowest BCUT2D eigenvalue weighted by molar-refractivity contribution is 0.0593. The number of likely N-dealkylation sites (tertiary alicyclic amines) is 1. The van der Waals surface area contributed by atoms with Gasteiger partial charge in [-0.3, -0.25) is 5.73 Å². The molecule has 0 aliphatic carbocycles. The highest BCUT2D eigenvalue weighted by Gasteiger charge is 2.22. The van der Waals surface area contributed by atoms with Gasteiger partial charge in [-0.05, 0) is 73.8 Å². The first-order chi connectivity index (χ1) is 16.5. The number of para-hydroxylation sites is 1. The normalized spacial score (nSPS) is 16.6. The summed E-state index contributed by atoms with van der Waals surface area (Å²) in [5.41, 5.74) is 5.86. The van der Waals surface area contributed by atoms with Crippen LogP contribution in [0.1, 0.15) is 24.3 Å². The average Bonchev–Trinajstić information content (AvgIpc) is 2.84. The number of nitrogens with zero attached hydrogens (tertiary/aromatic N) is 1. The monoisotopic (exact) mass is 482 g/mol. The predicted molar refractivity (Wildman–Crippen MR) is 134 cm³/mol. The number of hydrogen-bond acceptors (Lipinski definition) is 6. The van der Waals surface area contributed by atoms with E-state index in [0.29, 0.717) is 24.0 Å². The number of β-amino-alcohol motifs (C(OH)–C–C–N with tert-alkyl or cyclic N) is 1. The fourth-order valence-electron chi connectivity index (χ4n) is 4.19. The van der Waals surface area contributed by atoms with E-state index >= 15 is 0 Å². The molecule has 3 aromatic carbocycles. The molecule has 0 amide bonds. The van der Waals surface area contributed by atoms with Crippen molar-refractivity contribution in [3.05, 3.63) is 84.4 Å². The van der Waals surface area contributed by atoms with E-state index in [0.717, 1.165) is 37.4 Å². The van der Waals surface area contributed by atoms with E-state index in [9.17, 15) is 5.11 Å². The maximum atomic E-state index is 10.5. The van der Waals surface area contributed by atoms with Crippen LogP contribution in [-0.2, 0) is 0 Å². The van der Waals surface area contributed by atoms with Gasteiger partial charge < -0.3 is 24.2 Å². The minimum Gasteiger partial charge on any atom is -0.491 e. The fourth-order valence-corrected chi connectivity index (χ4v) is 4.29. The molecule has 3 N–H and O–H groups in total. The molecule has 1 heterocycles. The first-order valence-corrected chi connectivity index (χ1v) is 12.0. The van der Waals surface area contributed by atoms with Crippen LogP contribution < -0.4 is 19.9 Å². The van der Waals surface area contributed by atoms with Gasteiger partial charge in [0.15, 0.2) is 0 Å². The lowest BCUT2D eigenvalue weighted by Crippen LogP contribution is -2.40. The number of nitrogens with two attached hydrogens (primary N) is 1. The third kappa shape index (κ3) is 7.37. The highest BCUT2D eigenvalue weighted by molar-refractivity contribution is 6.19. The summed E-state index contributed by atoms with van der Waals surface area (Å²) in [6, 6.07) is 25.3. The van der Waals surface area contributed by atoms with Crippen molar-refractivity contribution in [1.29, 1.82) is 0 Å². The number of piperidine rings is 1. The van der Waals surface area contributed by atoms with E-state index in [1.807, 2.05) is 42.5 Å². The molecule has 34 heavy (non-hydrogen) atoms. The summed E-state index contributed by atoms with van der Waals surface area (Å²) in [7, 11) is 0. The van der Waals surface area contributed by atoms with Crippen LogP contribution in [0.25, 0.3) is 0 Å². The van der Waals surface area contributed by atoms with Gasteiger partial charge in [0.25, 0.3) is 0 Å². The standard InChI is InChI=1S/C27H31ClN2O4/c28-27(29)34-26-8-4-7-25(17-26)32-19-22(31)18-30-15-13-21(14-16-30)20-9-11-24(12-10-20)33-23-5-2-1-3-6-23/h1-12,17,21-22,27,31H,13-16,18-19,29H2/t22-,27-/m0/s1. The van der Waals surface area contributed by atoms with Crippen LogP contribution in [0.2, 0.25) is 0 Å². The van der Waals surface area contributed by atoms with E-state index in [1.165, 1.54) is 5.56 Å². The van der Waals surface area contributed by atoms with E-state index in [-0.39, 0.29) is 6.61 Å². The number of halogens is 1. The van der Waals surface area contributed by atoms with Gasteiger partial charge in [-0.1, -0.05) is 48.0 Å². The minimum atomic E-state index is -0.913. The number of hydrogen-bond donors (Lipinski definition) is 2. The molecule has 4 rings (SSSR count). The molecule has 1 aliphatic rings. The van der Waals surface area contributed by atoms with E-state index < -0.39 is 11.8 Å². The van der Waals surface area contributed by atoms with Crippen LogP contribution in [0.15, 0.2) is 78.9 Å². The Morgan fingerprint density at radius 3 is 2.24 bits per heavy atom. The van der Waals surface area contributed by atoms with Gasteiger partial charge in [-0.25, -0.2) is 0 Å². The predicted octanol–water partition coefficient (Wildman–Crippen LogP) is 4.96. The second-order valence-corrected chi connectivity index (χ2v) is 8.90. The van der Waals surface area contributed by atoms with Crippen LogP contribution in [0, 0.1) is 0 Å². The molecule has 3 aromatic rings. The van der Waals surface area contributed by atoms with Crippen molar-refractivity contribution in [2.75, 3.05) is 26.2 Å². The molecular weight excluding hydrogens is 452 g/mol. The van der Waals surface area contributed by atoms with Gasteiger partial charge in [0, 0.05) is 12.6 Å². The molecule has 0 unspecified atom stereocenters. The average molecular weight is 483 g/mol. The topological polar surface area (TPSA) is 77.2 Å². The lowest BCUT2D eigenvalue weighted by Gasteiger charge is -2.33. The molecule has 2 atom stereocenters. The van der Waals surface area contributed by atoms with E-state index in [2.05, 4.69) is 17.0 Å². The summed E-state index contributed by atoms with van der Waals surface area (Å²) < 4.78 is 16.9. The summed E-state index contributed by atoms with van der Waals surface area (Å²) in [6.07, 6.45) is 1.54. The van der Waals surface area contributed by atoms with Crippen LogP contribution in [0.3, 0.4) is 0 Å². The van der Waals surface area contributed by atoms with Crippen molar-refractivity contribution in [2.24, 2.45) is 5.73 Å². The highest BCUT2D eigenvalue weighted by Crippen LogP contribution is 2.30. The summed E-state index contributed by atoms with van der Waals surface area (Å²) in [4.78, 5) is 2.30. The zero-order valence-corrected chi connectivity index (χ0v) is 19.8. The van der Waals surface area contributed by atoms with Gasteiger partial charge >= 0.3 is 0 Å². The van der Waals surface area contributed by atoms with E-state index in [4.69, 9.17) is 31.5 Å². The number of aliphatic hydroxyl groups is 1. The maximum Gasteiger partial charge on any atom is 0.225 e. The Balaban J connectivity index is 1.19. The molecule has 0 saturated carbocycles. The second kappa shape index (κ2) is 12.1. The van der Waals surface area contributed by atoms with Crippen molar-refractivity contribution < 1.29 is 19.3 Å². The van der Waals surface area contributed by atoms with Crippen LogP contribution in [0.4, 0.5) is 0 Å².